The maximum Gasteiger partial charge on any atom is 0.137 e. The van der Waals surface area contributed by atoms with Crippen LogP contribution >= 0.6 is 0 Å². The first-order chi connectivity index (χ1) is 11.9. The Hall–Kier alpha value is -2.25. The van der Waals surface area contributed by atoms with Crippen LogP contribution in [0.5, 0.6) is 0 Å². The topological polar surface area (TPSA) is 71.5 Å². The predicted octanol–water partition coefficient (Wildman–Crippen LogP) is 1.91. The summed E-state index contributed by atoms with van der Waals surface area (Å²) in [5.74, 6) is 0. The van der Waals surface area contributed by atoms with E-state index in [2.05, 4.69) is 63.8 Å². The van der Waals surface area contributed by atoms with E-state index in [4.69, 9.17) is 0 Å². The first kappa shape index (κ1) is 16.2. The lowest BCUT2D eigenvalue weighted by atomic mass is 10.00. The maximum atomic E-state index is 11.0. The van der Waals surface area contributed by atoms with Gasteiger partial charge >= 0.3 is 0 Å². The molecule has 4 heterocycles. The Morgan fingerprint density at radius 2 is 2.08 bits per heavy atom. The third-order valence-corrected chi connectivity index (χ3v) is 4.88. The Kier molecular flexibility index (Phi) is 3.85. The highest BCUT2D eigenvalue weighted by Crippen LogP contribution is 2.31. The number of β-amino-alcohol motifs (C(OH)–C–C–N with tert-alkyl or cyclic N) is 1. The Morgan fingerprint density at radius 1 is 1.24 bits per heavy atom. The van der Waals surface area contributed by atoms with Crippen LogP contribution in [0.3, 0.4) is 0 Å². The highest BCUT2D eigenvalue weighted by Gasteiger charge is 2.40. The van der Waals surface area contributed by atoms with Crippen molar-refractivity contribution in [3.8, 4) is 0 Å². The van der Waals surface area contributed by atoms with Crippen LogP contribution in [0.1, 0.15) is 43.3 Å². The van der Waals surface area contributed by atoms with E-state index in [1.165, 1.54) is 5.56 Å². The first-order valence-corrected chi connectivity index (χ1v) is 8.74. The molecule has 3 aromatic heterocycles. The number of hydrogen-bond acceptors (Lipinski definition) is 5. The third-order valence-electron chi connectivity index (χ3n) is 4.88. The molecule has 0 amide bonds. The summed E-state index contributed by atoms with van der Waals surface area (Å²) >= 11 is 0. The number of imidazole rings is 1. The van der Waals surface area contributed by atoms with Crippen molar-refractivity contribution in [2.24, 2.45) is 0 Å². The predicted molar refractivity (Wildman–Crippen MR) is 94.1 cm³/mol. The molecule has 25 heavy (non-hydrogen) atoms. The van der Waals surface area contributed by atoms with E-state index < -0.39 is 5.60 Å². The van der Waals surface area contributed by atoms with E-state index in [-0.39, 0.29) is 6.04 Å². The fraction of sp³-hybridized carbons (Fsp3) is 0.500. The Bertz CT molecular complexity index is 898. The Labute approximate surface area is 146 Å². The van der Waals surface area contributed by atoms with Crippen LogP contribution in [0.25, 0.3) is 5.65 Å². The molecule has 0 radical (unpaired) electrons. The lowest BCUT2D eigenvalue weighted by Gasteiger charge is -2.20. The van der Waals surface area contributed by atoms with Gasteiger partial charge in [0.25, 0.3) is 0 Å². The largest absolute Gasteiger partial charge is 0.382 e. The number of rotatable bonds is 4. The number of likely N-dealkylation sites (tertiary alicyclic amines) is 1. The molecule has 0 spiro atoms. The summed E-state index contributed by atoms with van der Waals surface area (Å²) < 4.78 is 3.85. The summed E-state index contributed by atoms with van der Waals surface area (Å²) in [4.78, 5) is 6.90. The molecule has 1 unspecified atom stereocenters. The standard InChI is InChI=1S/C18H24N6O/c1-13(2)24-11-16(20-21-24)18(25)6-7-22(12-18)9-15-10-23-8-14(3)4-5-17(23)19-15/h4-5,8,10-11,13,25H,6-7,9,12H2,1-3H3. The van der Waals surface area contributed by atoms with Crippen molar-refractivity contribution in [1.82, 2.24) is 29.3 Å². The average Bonchev–Trinajstić information content (AvgIpc) is 3.25. The normalized spacial score (nSPS) is 21.6. The van der Waals surface area contributed by atoms with E-state index in [0.29, 0.717) is 18.7 Å². The number of aryl methyl sites for hydroxylation is 1. The third kappa shape index (κ3) is 3.05. The average molecular weight is 340 g/mol. The Morgan fingerprint density at radius 3 is 2.84 bits per heavy atom. The zero-order valence-electron chi connectivity index (χ0n) is 14.9. The van der Waals surface area contributed by atoms with Gasteiger partial charge in [0.2, 0.25) is 0 Å². The minimum Gasteiger partial charge on any atom is -0.382 e. The van der Waals surface area contributed by atoms with Crippen molar-refractivity contribution < 1.29 is 5.11 Å². The van der Waals surface area contributed by atoms with Gasteiger partial charge in [-0.05, 0) is 38.8 Å². The lowest BCUT2D eigenvalue weighted by molar-refractivity contribution is 0.0407. The zero-order chi connectivity index (χ0) is 17.6. The zero-order valence-corrected chi connectivity index (χ0v) is 14.9. The van der Waals surface area contributed by atoms with Gasteiger partial charge in [0.05, 0.1) is 11.9 Å². The van der Waals surface area contributed by atoms with Gasteiger partial charge < -0.3 is 9.51 Å². The minimum absolute atomic E-state index is 0.240. The van der Waals surface area contributed by atoms with Crippen molar-refractivity contribution in [2.45, 2.75) is 45.4 Å². The fourth-order valence-corrected chi connectivity index (χ4v) is 3.42. The van der Waals surface area contributed by atoms with E-state index in [1.54, 1.807) is 4.68 Å². The summed E-state index contributed by atoms with van der Waals surface area (Å²) in [7, 11) is 0. The highest BCUT2D eigenvalue weighted by atomic mass is 16.3. The molecular formula is C18H24N6O. The van der Waals surface area contributed by atoms with Gasteiger partial charge in [-0.15, -0.1) is 5.10 Å². The summed E-state index contributed by atoms with van der Waals surface area (Å²) in [5, 5.41) is 19.3. The van der Waals surface area contributed by atoms with E-state index in [0.717, 1.165) is 24.4 Å². The molecule has 1 aliphatic rings. The van der Waals surface area contributed by atoms with E-state index >= 15 is 0 Å². The molecule has 7 nitrogen and oxygen atoms in total. The molecule has 1 fully saturated rings. The van der Waals surface area contributed by atoms with E-state index in [1.807, 2.05) is 12.3 Å². The van der Waals surface area contributed by atoms with Gasteiger partial charge in [0.15, 0.2) is 0 Å². The van der Waals surface area contributed by atoms with Crippen molar-refractivity contribution in [3.63, 3.8) is 0 Å². The smallest absolute Gasteiger partial charge is 0.137 e. The molecule has 1 aliphatic heterocycles. The van der Waals surface area contributed by atoms with Crippen LogP contribution in [0.2, 0.25) is 0 Å². The molecule has 132 valence electrons. The first-order valence-electron chi connectivity index (χ1n) is 8.74. The van der Waals surface area contributed by atoms with E-state index in [9.17, 15) is 5.11 Å². The number of nitrogens with zero attached hydrogens (tertiary/aromatic N) is 6. The monoisotopic (exact) mass is 340 g/mol. The molecule has 4 rings (SSSR count). The van der Waals surface area contributed by atoms with Gasteiger partial charge in [0, 0.05) is 38.1 Å². The molecule has 1 atom stereocenters. The van der Waals surface area contributed by atoms with Crippen LogP contribution in [0.15, 0.2) is 30.7 Å². The van der Waals surface area contributed by atoms with Gasteiger partial charge in [-0.3, -0.25) is 4.90 Å². The summed E-state index contributed by atoms with van der Waals surface area (Å²) in [6.07, 6.45) is 6.67. The number of pyridine rings is 1. The lowest BCUT2D eigenvalue weighted by Crippen LogP contribution is -2.31. The second-order valence-corrected chi connectivity index (χ2v) is 7.37. The summed E-state index contributed by atoms with van der Waals surface area (Å²) in [5.41, 5.74) is 2.91. The Balaban J connectivity index is 1.49. The molecular weight excluding hydrogens is 316 g/mol. The van der Waals surface area contributed by atoms with Gasteiger partial charge in [-0.25, -0.2) is 9.67 Å². The van der Waals surface area contributed by atoms with Crippen molar-refractivity contribution >= 4 is 5.65 Å². The number of hydrogen-bond donors (Lipinski definition) is 1. The van der Waals surface area contributed by atoms with Crippen LogP contribution < -0.4 is 0 Å². The molecule has 0 saturated carbocycles. The molecule has 0 aromatic carbocycles. The van der Waals surface area contributed by atoms with Crippen molar-refractivity contribution in [2.75, 3.05) is 13.1 Å². The van der Waals surface area contributed by atoms with Crippen molar-refractivity contribution in [3.05, 3.63) is 47.7 Å². The second kappa shape index (κ2) is 5.93. The van der Waals surface area contributed by atoms with Gasteiger partial charge in [0.1, 0.15) is 16.9 Å². The molecule has 1 N–H and O–H groups in total. The minimum atomic E-state index is -0.928. The van der Waals surface area contributed by atoms with Crippen molar-refractivity contribution in [1.29, 1.82) is 0 Å². The molecule has 1 saturated heterocycles. The molecule has 7 heteroatoms. The van der Waals surface area contributed by atoms with Crippen LogP contribution in [-0.4, -0.2) is 47.5 Å². The summed E-state index contributed by atoms with van der Waals surface area (Å²) in [6, 6.07) is 4.34. The summed E-state index contributed by atoms with van der Waals surface area (Å²) in [6.45, 7) is 8.27. The van der Waals surface area contributed by atoms with Crippen LogP contribution in [-0.2, 0) is 12.1 Å². The molecule has 3 aromatic rings. The van der Waals surface area contributed by atoms with Crippen LogP contribution in [0.4, 0.5) is 0 Å². The van der Waals surface area contributed by atoms with Gasteiger partial charge in [-0.2, -0.15) is 0 Å². The number of fused-ring (bicyclic) bond motifs is 1. The second-order valence-electron chi connectivity index (χ2n) is 7.37. The number of aliphatic hydroxyl groups is 1. The maximum absolute atomic E-state index is 11.0. The fourth-order valence-electron chi connectivity index (χ4n) is 3.42. The number of aromatic nitrogens is 5. The molecule has 0 bridgehead atoms. The van der Waals surface area contributed by atoms with Crippen LogP contribution in [0, 0.1) is 6.92 Å². The quantitative estimate of drug-likeness (QED) is 0.785. The highest BCUT2D eigenvalue weighted by molar-refractivity contribution is 5.41. The SMILES string of the molecule is Cc1ccc2nc(CN3CCC(O)(c4cn(C(C)C)nn4)C3)cn2c1. The molecule has 0 aliphatic carbocycles. The van der Waals surface area contributed by atoms with Gasteiger partial charge in [-0.1, -0.05) is 11.3 Å².